The highest BCUT2D eigenvalue weighted by molar-refractivity contribution is 5.76. The number of alkyl halides is 3. The maximum Gasteiger partial charge on any atom is 0.410 e. The molecule has 0 spiro atoms. The van der Waals surface area contributed by atoms with Gasteiger partial charge in [-0.25, -0.2) is 4.68 Å². The Morgan fingerprint density at radius 1 is 1.27 bits per heavy atom. The number of anilines is 1. The van der Waals surface area contributed by atoms with E-state index >= 15 is 0 Å². The summed E-state index contributed by atoms with van der Waals surface area (Å²) in [6, 6.07) is 9.56. The number of fused-ring (bicyclic) bond motifs is 1. The van der Waals surface area contributed by atoms with Crippen LogP contribution in [0.3, 0.4) is 0 Å². The zero-order valence-corrected chi connectivity index (χ0v) is 17.0. The second-order valence-corrected chi connectivity index (χ2v) is 8.39. The molecule has 1 aromatic heterocycles. The molecule has 1 amide bonds. The van der Waals surface area contributed by atoms with E-state index < -0.39 is 12.2 Å². The topological polar surface area (TPSA) is 50.2 Å². The summed E-state index contributed by atoms with van der Waals surface area (Å²) in [4.78, 5) is 14.6. The predicted molar refractivity (Wildman–Crippen MR) is 108 cm³/mol. The SMILES string of the molecule is Cc1cc2n(n1)[C@@H](C(F)(F)F)C[C@@H]([C@H]1CCCN(C(=O)CCc3ccccc3)C1)N2. The van der Waals surface area contributed by atoms with Crippen LogP contribution >= 0.6 is 0 Å². The lowest BCUT2D eigenvalue weighted by Crippen LogP contribution is -2.49. The summed E-state index contributed by atoms with van der Waals surface area (Å²) in [6.45, 7) is 2.88. The largest absolute Gasteiger partial charge is 0.410 e. The second kappa shape index (κ2) is 8.32. The van der Waals surface area contributed by atoms with Crippen LogP contribution in [0, 0.1) is 12.8 Å². The number of halogens is 3. The Bertz CT molecular complexity index is 880. The average Bonchev–Trinajstić information content (AvgIpc) is 3.11. The minimum Gasteiger partial charge on any atom is -0.367 e. The maximum absolute atomic E-state index is 13.7. The van der Waals surface area contributed by atoms with Gasteiger partial charge in [0.2, 0.25) is 5.91 Å². The van der Waals surface area contributed by atoms with Crippen molar-refractivity contribution in [1.29, 1.82) is 0 Å². The minimum atomic E-state index is -4.35. The number of carbonyl (C=O) groups excluding carboxylic acids is 1. The smallest absolute Gasteiger partial charge is 0.367 e. The number of likely N-dealkylation sites (tertiary alicyclic amines) is 1. The molecule has 3 atom stereocenters. The molecule has 8 heteroatoms. The van der Waals surface area contributed by atoms with E-state index in [0.717, 1.165) is 23.1 Å². The molecule has 1 N–H and O–H groups in total. The van der Waals surface area contributed by atoms with Crippen molar-refractivity contribution < 1.29 is 18.0 Å². The summed E-state index contributed by atoms with van der Waals surface area (Å²) in [5.41, 5.74) is 1.68. The van der Waals surface area contributed by atoms with Gasteiger partial charge in [-0.15, -0.1) is 0 Å². The van der Waals surface area contributed by atoms with Crippen LogP contribution < -0.4 is 5.32 Å². The molecule has 2 aliphatic rings. The van der Waals surface area contributed by atoms with Crippen molar-refractivity contribution in [1.82, 2.24) is 14.7 Å². The predicted octanol–water partition coefficient (Wildman–Crippen LogP) is 4.35. The van der Waals surface area contributed by atoms with E-state index in [1.54, 1.807) is 13.0 Å². The number of rotatable bonds is 4. The Balaban J connectivity index is 1.42. The van der Waals surface area contributed by atoms with Crippen LogP contribution in [0.25, 0.3) is 0 Å². The van der Waals surface area contributed by atoms with Gasteiger partial charge in [0.15, 0.2) is 6.04 Å². The van der Waals surface area contributed by atoms with Crippen LogP contribution in [0.5, 0.6) is 0 Å². The summed E-state index contributed by atoms with van der Waals surface area (Å²) >= 11 is 0. The van der Waals surface area contributed by atoms with E-state index in [-0.39, 0.29) is 24.3 Å². The summed E-state index contributed by atoms with van der Waals surface area (Å²) in [7, 11) is 0. The van der Waals surface area contributed by atoms with Gasteiger partial charge in [-0.05, 0) is 44.1 Å². The van der Waals surface area contributed by atoms with Gasteiger partial charge in [-0.2, -0.15) is 18.3 Å². The highest BCUT2D eigenvalue weighted by Gasteiger charge is 2.47. The molecule has 5 nitrogen and oxygen atoms in total. The van der Waals surface area contributed by atoms with Gasteiger partial charge in [-0.1, -0.05) is 30.3 Å². The molecule has 2 aliphatic heterocycles. The molecular formula is C22H27F3N4O. The first-order valence-corrected chi connectivity index (χ1v) is 10.5. The average molecular weight is 420 g/mol. The van der Waals surface area contributed by atoms with Crippen molar-refractivity contribution in [2.75, 3.05) is 18.4 Å². The van der Waals surface area contributed by atoms with Crippen molar-refractivity contribution in [2.24, 2.45) is 5.92 Å². The quantitative estimate of drug-likeness (QED) is 0.800. The Kier molecular flexibility index (Phi) is 5.75. The summed E-state index contributed by atoms with van der Waals surface area (Å²) in [6.07, 6.45) is -1.68. The molecule has 1 saturated heterocycles. The van der Waals surface area contributed by atoms with Gasteiger partial charge in [0.1, 0.15) is 5.82 Å². The number of hydrogen-bond acceptors (Lipinski definition) is 3. The molecular weight excluding hydrogens is 393 g/mol. The summed E-state index contributed by atoms with van der Waals surface area (Å²) in [5, 5.41) is 7.31. The molecule has 2 aromatic rings. The number of benzene rings is 1. The fourth-order valence-electron chi connectivity index (χ4n) is 4.65. The molecule has 3 heterocycles. The lowest BCUT2D eigenvalue weighted by molar-refractivity contribution is -0.175. The van der Waals surface area contributed by atoms with Gasteiger partial charge in [0.25, 0.3) is 0 Å². The Hall–Kier alpha value is -2.51. The number of piperidine rings is 1. The number of nitrogens with zero attached hydrogens (tertiary/aromatic N) is 3. The van der Waals surface area contributed by atoms with Crippen molar-refractivity contribution in [3.05, 3.63) is 47.7 Å². The van der Waals surface area contributed by atoms with Crippen LogP contribution in [-0.2, 0) is 11.2 Å². The van der Waals surface area contributed by atoms with E-state index in [1.165, 1.54) is 0 Å². The van der Waals surface area contributed by atoms with Crippen molar-refractivity contribution in [3.63, 3.8) is 0 Å². The lowest BCUT2D eigenvalue weighted by Gasteiger charge is -2.41. The zero-order chi connectivity index (χ0) is 21.3. The molecule has 0 bridgehead atoms. The molecule has 0 aliphatic carbocycles. The molecule has 0 unspecified atom stereocenters. The van der Waals surface area contributed by atoms with E-state index in [4.69, 9.17) is 0 Å². The highest BCUT2D eigenvalue weighted by Crippen LogP contribution is 2.42. The fourth-order valence-corrected chi connectivity index (χ4v) is 4.65. The van der Waals surface area contributed by atoms with Gasteiger partial charge in [0.05, 0.1) is 5.69 Å². The molecule has 4 rings (SSSR count). The van der Waals surface area contributed by atoms with Crippen molar-refractivity contribution in [3.8, 4) is 0 Å². The highest BCUT2D eigenvalue weighted by atomic mass is 19.4. The first-order valence-electron chi connectivity index (χ1n) is 10.5. The van der Waals surface area contributed by atoms with E-state index in [2.05, 4.69) is 10.4 Å². The number of aromatic nitrogens is 2. The standard InChI is InChI=1S/C22H27F3N4O/c1-15-12-20-26-18(13-19(22(23,24)25)29(20)27-15)17-8-5-11-28(14-17)21(30)10-9-16-6-3-2-4-7-16/h2-4,6-7,12,17-19,26H,5,8-11,13-14H2,1H3/t17-,18-,19+/m0/s1. The summed E-state index contributed by atoms with van der Waals surface area (Å²) in [5.74, 6) is 0.486. The number of aryl methyl sites for hydroxylation is 2. The van der Waals surface area contributed by atoms with Crippen LogP contribution in [0.4, 0.5) is 19.0 Å². The third kappa shape index (κ3) is 4.47. The fraction of sp³-hybridized carbons (Fsp3) is 0.545. The molecule has 1 aromatic carbocycles. The molecule has 0 saturated carbocycles. The van der Waals surface area contributed by atoms with E-state index in [0.29, 0.717) is 37.4 Å². The van der Waals surface area contributed by atoms with Crippen molar-refractivity contribution >= 4 is 11.7 Å². The van der Waals surface area contributed by atoms with Crippen molar-refractivity contribution in [2.45, 2.75) is 57.3 Å². The summed E-state index contributed by atoms with van der Waals surface area (Å²) < 4.78 is 42.1. The van der Waals surface area contributed by atoms with Crippen LogP contribution in [0.15, 0.2) is 36.4 Å². The lowest BCUT2D eigenvalue weighted by atomic mass is 9.85. The minimum absolute atomic E-state index is 0.00627. The monoisotopic (exact) mass is 420 g/mol. The van der Waals surface area contributed by atoms with Gasteiger partial charge in [-0.3, -0.25) is 4.79 Å². The second-order valence-electron chi connectivity index (χ2n) is 8.39. The van der Waals surface area contributed by atoms with Crippen LogP contribution in [-0.4, -0.2) is 45.9 Å². The first kappa shape index (κ1) is 20.8. The Morgan fingerprint density at radius 3 is 2.77 bits per heavy atom. The third-order valence-corrected chi connectivity index (χ3v) is 6.19. The van der Waals surface area contributed by atoms with E-state index in [9.17, 15) is 18.0 Å². The zero-order valence-electron chi connectivity index (χ0n) is 17.0. The van der Waals surface area contributed by atoms with Crippen LogP contribution in [0.2, 0.25) is 0 Å². The number of nitrogens with one attached hydrogen (secondary N) is 1. The molecule has 0 radical (unpaired) electrons. The van der Waals surface area contributed by atoms with Gasteiger partial charge < -0.3 is 10.2 Å². The number of carbonyl (C=O) groups is 1. The number of amides is 1. The molecule has 162 valence electrons. The Labute approximate surface area is 174 Å². The van der Waals surface area contributed by atoms with E-state index in [1.807, 2.05) is 35.2 Å². The molecule has 1 fully saturated rings. The van der Waals surface area contributed by atoms with Gasteiger partial charge in [0, 0.05) is 31.6 Å². The number of hydrogen-bond donors (Lipinski definition) is 1. The van der Waals surface area contributed by atoms with Crippen LogP contribution in [0.1, 0.15) is 43.0 Å². The molecule has 30 heavy (non-hydrogen) atoms. The van der Waals surface area contributed by atoms with Gasteiger partial charge >= 0.3 is 6.18 Å². The first-order chi connectivity index (χ1) is 14.3. The Morgan fingerprint density at radius 2 is 2.03 bits per heavy atom. The maximum atomic E-state index is 13.7. The normalized spacial score (nSPS) is 24.3. The third-order valence-electron chi connectivity index (χ3n) is 6.19.